The van der Waals surface area contributed by atoms with Gasteiger partial charge in [0.2, 0.25) is 0 Å². The smallest absolute Gasteiger partial charge is 0.0835 e. The van der Waals surface area contributed by atoms with Crippen LogP contribution in [0.3, 0.4) is 0 Å². The van der Waals surface area contributed by atoms with Crippen molar-refractivity contribution in [2.75, 3.05) is 0 Å². The third-order valence-corrected chi connectivity index (χ3v) is 3.03. The van der Waals surface area contributed by atoms with Crippen molar-refractivity contribution in [3.63, 3.8) is 0 Å². The predicted molar refractivity (Wildman–Crippen MR) is 58.3 cm³/mol. The van der Waals surface area contributed by atoms with Gasteiger partial charge in [-0.25, -0.2) is 0 Å². The van der Waals surface area contributed by atoms with Gasteiger partial charge in [0.1, 0.15) is 0 Å². The van der Waals surface area contributed by atoms with E-state index in [2.05, 4.69) is 0 Å². The Morgan fingerprint density at radius 3 is 1.31 bits per heavy atom. The van der Waals surface area contributed by atoms with Crippen LogP contribution in [0.4, 0.5) is 0 Å². The van der Waals surface area contributed by atoms with Crippen LogP contribution in [0.1, 0.15) is 6.42 Å². The first-order valence-electron chi connectivity index (χ1n) is 4.24. The van der Waals surface area contributed by atoms with Crippen LogP contribution in [0.5, 0.6) is 0 Å². The van der Waals surface area contributed by atoms with Gasteiger partial charge in [0.05, 0.1) is 9.75 Å². The maximum atomic E-state index is 6.31. The van der Waals surface area contributed by atoms with Gasteiger partial charge in [-0.15, -0.1) is 23.2 Å². The molecule has 68 valence electrons. The second-order valence-electron chi connectivity index (χ2n) is 3.47. The Balaban J connectivity index is 2.14. The molecule has 0 aromatic heterocycles. The average Bonchev–Trinajstić information content (AvgIpc) is 2.60. The minimum atomic E-state index is -0.402. The van der Waals surface area contributed by atoms with Crippen LogP contribution in [0.25, 0.3) is 0 Å². The van der Waals surface area contributed by atoms with Crippen LogP contribution in [0, 0.1) is 0 Å². The van der Waals surface area contributed by atoms with Crippen molar-refractivity contribution in [1.29, 1.82) is 0 Å². The van der Waals surface area contributed by atoms with E-state index in [1.165, 1.54) is 0 Å². The molecule has 0 unspecified atom stereocenters. The van der Waals surface area contributed by atoms with Crippen molar-refractivity contribution in [2.45, 2.75) is 16.2 Å². The lowest BCUT2D eigenvalue weighted by Gasteiger charge is -2.25. The van der Waals surface area contributed by atoms with Crippen LogP contribution >= 0.6 is 23.2 Å². The first kappa shape index (κ1) is 9.11. The zero-order valence-electron chi connectivity index (χ0n) is 7.08. The topological polar surface area (TPSA) is 0 Å². The number of allylic oxidation sites excluding steroid dienone is 8. The molecule has 2 rings (SSSR count). The summed E-state index contributed by atoms with van der Waals surface area (Å²) in [7, 11) is 0. The number of alkyl halides is 2. The molecule has 0 aromatic carbocycles. The van der Waals surface area contributed by atoms with E-state index in [-0.39, 0.29) is 0 Å². The van der Waals surface area contributed by atoms with E-state index in [0.29, 0.717) is 6.42 Å². The predicted octanol–water partition coefficient (Wildman–Crippen LogP) is 3.58. The number of hydrogen-bond donors (Lipinski definition) is 0. The second-order valence-corrected chi connectivity index (χ2v) is 4.87. The van der Waals surface area contributed by atoms with Crippen molar-refractivity contribution in [3.05, 3.63) is 48.6 Å². The van der Waals surface area contributed by atoms with E-state index in [1.54, 1.807) is 0 Å². The van der Waals surface area contributed by atoms with Gasteiger partial charge in [0, 0.05) is 0 Å². The summed E-state index contributed by atoms with van der Waals surface area (Å²) >= 11 is 12.6. The molecule has 0 radical (unpaired) electrons. The number of halogens is 2. The van der Waals surface area contributed by atoms with Gasteiger partial charge in [-0.2, -0.15) is 0 Å². The molecule has 2 aliphatic carbocycles. The molecule has 0 N–H and O–H groups in total. The van der Waals surface area contributed by atoms with E-state index >= 15 is 0 Å². The third kappa shape index (κ3) is 1.90. The molecule has 0 spiro atoms. The van der Waals surface area contributed by atoms with E-state index in [1.807, 2.05) is 48.6 Å². The van der Waals surface area contributed by atoms with Gasteiger partial charge in [-0.3, -0.25) is 0 Å². The van der Waals surface area contributed by atoms with Crippen LogP contribution in [-0.4, -0.2) is 9.75 Å². The molecule has 2 aliphatic rings. The zero-order valence-corrected chi connectivity index (χ0v) is 8.59. The number of hydrogen-bond acceptors (Lipinski definition) is 0. The summed E-state index contributed by atoms with van der Waals surface area (Å²) in [5.74, 6) is 0. The molecule has 0 heterocycles. The lowest BCUT2D eigenvalue weighted by atomic mass is 9.95. The Morgan fingerprint density at radius 1 is 0.692 bits per heavy atom. The molecule has 0 saturated carbocycles. The van der Waals surface area contributed by atoms with Gasteiger partial charge < -0.3 is 0 Å². The molecule has 0 atom stereocenters. The summed E-state index contributed by atoms with van der Waals surface area (Å²) in [6, 6.07) is 0. The second kappa shape index (κ2) is 3.04. The van der Waals surface area contributed by atoms with Gasteiger partial charge >= 0.3 is 0 Å². The molecular weight excluding hydrogens is 203 g/mol. The molecule has 0 saturated heterocycles. The van der Waals surface area contributed by atoms with E-state index < -0.39 is 9.75 Å². The molecule has 0 bridgehead atoms. The van der Waals surface area contributed by atoms with E-state index in [4.69, 9.17) is 23.2 Å². The SMILES string of the molecule is ClC1(CC2(Cl)C=CC=C2)C=CC=C1. The van der Waals surface area contributed by atoms with Crippen molar-refractivity contribution in [2.24, 2.45) is 0 Å². The number of rotatable bonds is 2. The Kier molecular flexibility index (Phi) is 2.13. The largest absolute Gasteiger partial charge is 0.110 e. The molecule has 13 heavy (non-hydrogen) atoms. The van der Waals surface area contributed by atoms with Gasteiger partial charge in [-0.05, 0) is 6.42 Å². The molecule has 0 fully saturated rings. The summed E-state index contributed by atoms with van der Waals surface area (Å²) < 4.78 is 0. The molecule has 0 aromatic rings. The summed E-state index contributed by atoms with van der Waals surface area (Å²) in [6.45, 7) is 0. The van der Waals surface area contributed by atoms with Crippen LogP contribution in [0.2, 0.25) is 0 Å². The van der Waals surface area contributed by atoms with E-state index in [0.717, 1.165) is 0 Å². The van der Waals surface area contributed by atoms with Crippen LogP contribution in [-0.2, 0) is 0 Å². The summed E-state index contributed by atoms with van der Waals surface area (Å²) in [5, 5.41) is 0. The van der Waals surface area contributed by atoms with Crippen molar-refractivity contribution >= 4 is 23.2 Å². The normalized spacial score (nSPS) is 26.0. The van der Waals surface area contributed by atoms with Crippen molar-refractivity contribution in [3.8, 4) is 0 Å². The van der Waals surface area contributed by atoms with Gasteiger partial charge in [0.15, 0.2) is 0 Å². The summed E-state index contributed by atoms with van der Waals surface area (Å²) in [5.41, 5.74) is 0. The van der Waals surface area contributed by atoms with Crippen LogP contribution in [0.15, 0.2) is 48.6 Å². The third-order valence-electron chi connectivity index (χ3n) is 2.26. The Morgan fingerprint density at radius 2 is 1.00 bits per heavy atom. The molecular formula is C11H10Cl2. The highest BCUT2D eigenvalue weighted by atomic mass is 35.5. The van der Waals surface area contributed by atoms with Gasteiger partial charge in [0.25, 0.3) is 0 Å². The first-order chi connectivity index (χ1) is 6.12. The maximum Gasteiger partial charge on any atom is 0.0835 e. The molecule has 0 nitrogen and oxygen atoms in total. The fraction of sp³-hybridized carbons (Fsp3) is 0.273. The molecule has 0 aliphatic heterocycles. The first-order valence-corrected chi connectivity index (χ1v) is 5.00. The minimum absolute atomic E-state index is 0.402. The van der Waals surface area contributed by atoms with Crippen LogP contribution < -0.4 is 0 Å². The summed E-state index contributed by atoms with van der Waals surface area (Å²) in [6.07, 6.45) is 16.4. The minimum Gasteiger partial charge on any atom is -0.110 e. The van der Waals surface area contributed by atoms with Gasteiger partial charge in [-0.1, -0.05) is 48.6 Å². The molecule has 0 amide bonds. The quantitative estimate of drug-likeness (QED) is 0.615. The zero-order chi connectivity index (χ0) is 9.36. The standard InChI is InChI=1S/C11H10Cl2/c12-10(5-1-2-6-10)9-11(13)7-3-4-8-11/h1-8H,9H2. The highest BCUT2D eigenvalue weighted by molar-refractivity contribution is 6.30. The fourth-order valence-corrected chi connectivity index (χ4v) is 2.43. The Labute approximate surface area is 88.2 Å². The van der Waals surface area contributed by atoms with Crippen molar-refractivity contribution in [1.82, 2.24) is 0 Å². The lowest BCUT2D eigenvalue weighted by Crippen LogP contribution is -2.26. The Bertz CT molecular complexity index is 265. The monoisotopic (exact) mass is 212 g/mol. The lowest BCUT2D eigenvalue weighted by molar-refractivity contribution is 0.692. The van der Waals surface area contributed by atoms with E-state index in [9.17, 15) is 0 Å². The highest BCUT2D eigenvalue weighted by Gasteiger charge is 2.34. The van der Waals surface area contributed by atoms with Crippen molar-refractivity contribution < 1.29 is 0 Å². The summed E-state index contributed by atoms with van der Waals surface area (Å²) in [4.78, 5) is -0.804. The Hall–Kier alpha value is -0.460. The fourth-order valence-electron chi connectivity index (χ4n) is 1.62. The maximum absolute atomic E-state index is 6.31. The highest BCUT2D eigenvalue weighted by Crippen LogP contribution is 2.39. The molecule has 2 heteroatoms. The average molecular weight is 213 g/mol.